The van der Waals surface area contributed by atoms with Crippen LogP contribution in [0.3, 0.4) is 0 Å². The number of nitrogens with zero attached hydrogens (tertiary/aromatic N) is 1. The van der Waals surface area contributed by atoms with Crippen molar-refractivity contribution in [3.8, 4) is 17.2 Å². The molecule has 1 heterocycles. The lowest BCUT2D eigenvalue weighted by atomic mass is 10.2. The molecule has 0 aliphatic heterocycles. The predicted octanol–water partition coefficient (Wildman–Crippen LogP) is 2.72. The lowest BCUT2D eigenvalue weighted by Gasteiger charge is -2.11. The van der Waals surface area contributed by atoms with E-state index in [0.29, 0.717) is 6.54 Å². The highest BCUT2D eigenvalue weighted by molar-refractivity contribution is 5.44. The Morgan fingerprint density at radius 1 is 0.950 bits per heavy atom. The SMILES string of the molecule is COc1ccc(NCc2ccc(OC)cc2OC)nc1. The molecule has 0 saturated heterocycles. The molecule has 20 heavy (non-hydrogen) atoms. The molecule has 0 unspecified atom stereocenters. The summed E-state index contributed by atoms with van der Waals surface area (Å²) in [6, 6.07) is 9.46. The van der Waals surface area contributed by atoms with E-state index in [2.05, 4.69) is 10.3 Å². The minimum atomic E-state index is 0.618. The van der Waals surface area contributed by atoms with Crippen LogP contribution in [0.2, 0.25) is 0 Å². The summed E-state index contributed by atoms with van der Waals surface area (Å²) in [4.78, 5) is 4.25. The van der Waals surface area contributed by atoms with E-state index < -0.39 is 0 Å². The predicted molar refractivity (Wildman–Crippen MR) is 77.7 cm³/mol. The molecule has 1 N–H and O–H groups in total. The molecule has 106 valence electrons. The zero-order valence-corrected chi connectivity index (χ0v) is 11.8. The quantitative estimate of drug-likeness (QED) is 0.877. The van der Waals surface area contributed by atoms with Crippen LogP contribution < -0.4 is 19.5 Å². The molecule has 0 amide bonds. The average molecular weight is 274 g/mol. The molecule has 2 rings (SSSR count). The molecule has 0 aliphatic rings. The van der Waals surface area contributed by atoms with Gasteiger partial charge in [-0.05, 0) is 24.3 Å². The van der Waals surface area contributed by atoms with Gasteiger partial charge in [-0.3, -0.25) is 0 Å². The zero-order valence-electron chi connectivity index (χ0n) is 11.8. The molecule has 0 spiro atoms. The van der Waals surface area contributed by atoms with Crippen molar-refractivity contribution in [3.05, 3.63) is 42.1 Å². The summed E-state index contributed by atoms with van der Waals surface area (Å²) in [5.41, 5.74) is 1.03. The maximum Gasteiger partial charge on any atom is 0.137 e. The summed E-state index contributed by atoms with van der Waals surface area (Å²) in [5.74, 6) is 3.07. The number of aromatic nitrogens is 1. The van der Waals surface area contributed by atoms with Crippen molar-refractivity contribution >= 4 is 5.82 Å². The fourth-order valence-electron chi connectivity index (χ4n) is 1.79. The smallest absolute Gasteiger partial charge is 0.137 e. The van der Waals surface area contributed by atoms with Crippen LogP contribution in [0.15, 0.2) is 36.5 Å². The molecule has 0 atom stereocenters. The number of nitrogens with one attached hydrogen (secondary N) is 1. The van der Waals surface area contributed by atoms with Gasteiger partial charge < -0.3 is 19.5 Å². The van der Waals surface area contributed by atoms with E-state index >= 15 is 0 Å². The van der Waals surface area contributed by atoms with Gasteiger partial charge in [0.05, 0.1) is 27.5 Å². The standard InChI is InChI=1S/C15H18N2O3/c1-18-12-5-4-11(14(8-12)20-3)9-16-15-7-6-13(19-2)10-17-15/h4-8,10H,9H2,1-3H3,(H,16,17). The molecule has 0 fully saturated rings. The first kappa shape index (κ1) is 14.0. The van der Waals surface area contributed by atoms with E-state index in [0.717, 1.165) is 28.6 Å². The Morgan fingerprint density at radius 2 is 1.70 bits per heavy atom. The topological polar surface area (TPSA) is 52.6 Å². The van der Waals surface area contributed by atoms with Crippen LogP contribution in [0, 0.1) is 0 Å². The molecular weight excluding hydrogens is 256 g/mol. The van der Waals surface area contributed by atoms with Crippen LogP contribution >= 0.6 is 0 Å². The lowest BCUT2D eigenvalue weighted by molar-refractivity contribution is 0.391. The Labute approximate surface area is 118 Å². The number of hydrogen-bond donors (Lipinski definition) is 1. The number of ether oxygens (including phenoxy) is 3. The van der Waals surface area contributed by atoms with Crippen molar-refractivity contribution in [1.29, 1.82) is 0 Å². The van der Waals surface area contributed by atoms with Gasteiger partial charge in [-0.1, -0.05) is 0 Å². The van der Waals surface area contributed by atoms with Gasteiger partial charge in [0.1, 0.15) is 23.1 Å². The zero-order chi connectivity index (χ0) is 14.4. The van der Waals surface area contributed by atoms with Crippen LogP contribution in [0.25, 0.3) is 0 Å². The summed E-state index contributed by atoms with van der Waals surface area (Å²) in [6.45, 7) is 0.618. The van der Waals surface area contributed by atoms with E-state index in [9.17, 15) is 0 Å². The highest BCUT2D eigenvalue weighted by Crippen LogP contribution is 2.25. The van der Waals surface area contributed by atoms with Crippen molar-refractivity contribution in [2.45, 2.75) is 6.54 Å². The lowest BCUT2D eigenvalue weighted by Crippen LogP contribution is -2.03. The third-order valence-corrected chi connectivity index (χ3v) is 2.93. The Balaban J connectivity index is 2.05. The van der Waals surface area contributed by atoms with Gasteiger partial charge in [-0.15, -0.1) is 0 Å². The van der Waals surface area contributed by atoms with Crippen LogP contribution in [-0.4, -0.2) is 26.3 Å². The van der Waals surface area contributed by atoms with E-state index in [1.807, 2.05) is 30.3 Å². The minimum Gasteiger partial charge on any atom is -0.497 e. The minimum absolute atomic E-state index is 0.618. The summed E-state index contributed by atoms with van der Waals surface area (Å²) in [6.07, 6.45) is 1.67. The third kappa shape index (κ3) is 3.32. The fourth-order valence-corrected chi connectivity index (χ4v) is 1.79. The Bertz CT molecular complexity index is 556. The molecule has 5 heteroatoms. The van der Waals surface area contributed by atoms with Gasteiger partial charge in [-0.25, -0.2) is 4.98 Å². The number of pyridine rings is 1. The van der Waals surface area contributed by atoms with Gasteiger partial charge in [-0.2, -0.15) is 0 Å². The first-order chi connectivity index (χ1) is 9.76. The summed E-state index contributed by atoms with van der Waals surface area (Å²) >= 11 is 0. The maximum atomic E-state index is 5.35. The third-order valence-electron chi connectivity index (χ3n) is 2.93. The van der Waals surface area contributed by atoms with Crippen LogP contribution in [0.1, 0.15) is 5.56 Å². The van der Waals surface area contributed by atoms with E-state index in [4.69, 9.17) is 14.2 Å². The van der Waals surface area contributed by atoms with E-state index in [1.165, 1.54) is 0 Å². The van der Waals surface area contributed by atoms with Gasteiger partial charge in [0.2, 0.25) is 0 Å². The van der Waals surface area contributed by atoms with Gasteiger partial charge in [0, 0.05) is 18.2 Å². The molecule has 0 bridgehead atoms. The molecule has 1 aromatic heterocycles. The van der Waals surface area contributed by atoms with Crippen LogP contribution in [0.5, 0.6) is 17.2 Å². The first-order valence-electron chi connectivity index (χ1n) is 6.21. The molecule has 1 aromatic carbocycles. The van der Waals surface area contributed by atoms with Gasteiger partial charge >= 0.3 is 0 Å². The molecule has 0 aliphatic carbocycles. The molecule has 5 nitrogen and oxygen atoms in total. The molecular formula is C15H18N2O3. The highest BCUT2D eigenvalue weighted by atomic mass is 16.5. The van der Waals surface area contributed by atoms with Crippen LogP contribution in [-0.2, 0) is 6.54 Å². The van der Waals surface area contributed by atoms with Crippen molar-refractivity contribution in [1.82, 2.24) is 4.98 Å². The van der Waals surface area contributed by atoms with E-state index in [-0.39, 0.29) is 0 Å². The molecule has 0 radical (unpaired) electrons. The number of benzene rings is 1. The number of methoxy groups -OCH3 is 3. The number of anilines is 1. The molecule has 2 aromatic rings. The van der Waals surface area contributed by atoms with E-state index in [1.54, 1.807) is 27.5 Å². The first-order valence-corrected chi connectivity index (χ1v) is 6.21. The number of hydrogen-bond acceptors (Lipinski definition) is 5. The average Bonchev–Trinajstić information content (AvgIpc) is 2.53. The highest BCUT2D eigenvalue weighted by Gasteiger charge is 2.05. The summed E-state index contributed by atoms with van der Waals surface area (Å²) < 4.78 is 15.6. The summed E-state index contributed by atoms with van der Waals surface area (Å²) in [7, 11) is 4.89. The number of rotatable bonds is 6. The second kappa shape index (κ2) is 6.65. The largest absolute Gasteiger partial charge is 0.497 e. The fraction of sp³-hybridized carbons (Fsp3) is 0.267. The van der Waals surface area contributed by atoms with Gasteiger partial charge in [0.15, 0.2) is 0 Å². The normalized spacial score (nSPS) is 9.95. The Kier molecular flexibility index (Phi) is 4.65. The second-order valence-corrected chi connectivity index (χ2v) is 4.11. The Hall–Kier alpha value is -2.43. The second-order valence-electron chi connectivity index (χ2n) is 4.11. The van der Waals surface area contributed by atoms with Crippen molar-refractivity contribution < 1.29 is 14.2 Å². The summed E-state index contributed by atoms with van der Waals surface area (Å²) in [5, 5.41) is 3.24. The van der Waals surface area contributed by atoms with Crippen molar-refractivity contribution in [2.24, 2.45) is 0 Å². The van der Waals surface area contributed by atoms with Crippen LogP contribution in [0.4, 0.5) is 5.82 Å². The Morgan fingerprint density at radius 3 is 2.30 bits per heavy atom. The maximum absolute atomic E-state index is 5.35. The van der Waals surface area contributed by atoms with Crippen molar-refractivity contribution in [2.75, 3.05) is 26.6 Å². The van der Waals surface area contributed by atoms with Crippen molar-refractivity contribution in [3.63, 3.8) is 0 Å². The molecule has 0 saturated carbocycles. The van der Waals surface area contributed by atoms with Gasteiger partial charge in [0.25, 0.3) is 0 Å². The monoisotopic (exact) mass is 274 g/mol.